The van der Waals surface area contributed by atoms with Crippen molar-refractivity contribution in [3.05, 3.63) is 54.1 Å². The van der Waals surface area contributed by atoms with E-state index in [1.165, 1.54) is 24.3 Å². The molecule has 1 fully saturated rings. The maximum atomic E-state index is 12.2. The minimum atomic E-state index is -4.72. The van der Waals surface area contributed by atoms with Crippen LogP contribution in [-0.4, -0.2) is 37.1 Å². The van der Waals surface area contributed by atoms with Gasteiger partial charge in [0.1, 0.15) is 5.75 Å². The van der Waals surface area contributed by atoms with Gasteiger partial charge in [-0.25, -0.2) is 4.99 Å². The van der Waals surface area contributed by atoms with E-state index in [4.69, 9.17) is 5.73 Å². The first kappa shape index (κ1) is 25.1. The molecule has 1 aliphatic heterocycles. The van der Waals surface area contributed by atoms with Gasteiger partial charge in [-0.05, 0) is 60.7 Å². The van der Waals surface area contributed by atoms with Crippen molar-refractivity contribution >= 4 is 41.3 Å². The van der Waals surface area contributed by atoms with Crippen molar-refractivity contribution in [1.29, 1.82) is 0 Å². The van der Waals surface area contributed by atoms with E-state index in [1.54, 1.807) is 0 Å². The van der Waals surface area contributed by atoms with Gasteiger partial charge >= 0.3 is 6.36 Å². The predicted molar refractivity (Wildman–Crippen MR) is 126 cm³/mol. The Morgan fingerprint density at radius 2 is 1.71 bits per heavy atom. The molecule has 1 saturated heterocycles. The standard InChI is InChI=1S/C21H25F3N4O2.HI/c22-21(23,24)30-19-7-3-17(4-8-19)27-20(25)26-13-15-1-5-18(6-2-15)28-11-9-16(14-29)10-12-28;/h1-8,16,29H,9-14H2,(H3,25,26,27);1H. The first-order chi connectivity index (χ1) is 14.3. The van der Waals surface area contributed by atoms with E-state index in [0.717, 1.165) is 37.2 Å². The summed E-state index contributed by atoms with van der Waals surface area (Å²) in [7, 11) is 0. The highest BCUT2D eigenvalue weighted by atomic mass is 127. The van der Waals surface area contributed by atoms with E-state index < -0.39 is 6.36 Å². The number of hydrogen-bond donors (Lipinski definition) is 3. The molecule has 2 aromatic carbocycles. The summed E-state index contributed by atoms with van der Waals surface area (Å²) >= 11 is 0. The molecule has 0 bridgehead atoms. The Morgan fingerprint density at radius 3 is 2.26 bits per heavy atom. The van der Waals surface area contributed by atoms with E-state index in [-0.39, 0.29) is 42.3 Å². The second kappa shape index (κ2) is 11.4. The zero-order valence-corrected chi connectivity index (χ0v) is 19.1. The average molecular weight is 550 g/mol. The number of aliphatic hydroxyl groups is 1. The lowest BCUT2D eigenvalue weighted by Crippen LogP contribution is -2.34. The van der Waals surface area contributed by atoms with Gasteiger partial charge in [-0.2, -0.15) is 0 Å². The fourth-order valence-corrected chi connectivity index (χ4v) is 3.29. The van der Waals surface area contributed by atoms with Crippen LogP contribution in [0.5, 0.6) is 5.75 Å². The monoisotopic (exact) mass is 550 g/mol. The molecule has 4 N–H and O–H groups in total. The number of rotatable bonds is 6. The molecule has 31 heavy (non-hydrogen) atoms. The van der Waals surface area contributed by atoms with Gasteiger partial charge < -0.3 is 25.8 Å². The summed E-state index contributed by atoms with van der Waals surface area (Å²) in [4.78, 5) is 6.57. The number of nitrogens with one attached hydrogen (secondary N) is 1. The molecule has 0 aliphatic carbocycles. The van der Waals surface area contributed by atoms with E-state index in [2.05, 4.69) is 19.9 Å². The Hall–Kier alpha value is -2.21. The van der Waals surface area contributed by atoms with Gasteiger partial charge in [-0.15, -0.1) is 37.1 Å². The number of nitrogens with two attached hydrogens (primary N) is 1. The lowest BCUT2D eigenvalue weighted by Gasteiger charge is -2.32. The van der Waals surface area contributed by atoms with Crippen LogP contribution in [-0.2, 0) is 6.54 Å². The summed E-state index contributed by atoms with van der Waals surface area (Å²) in [6, 6.07) is 13.3. The van der Waals surface area contributed by atoms with Crippen molar-refractivity contribution in [1.82, 2.24) is 0 Å². The third-order valence-corrected chi connectivity index (χ3v) is 4.97. The molecule has 0 aromatic heterocycles. The van der Waals surface area contributed by atoms with Crippen LogP contribution >= 0.6 is 24.0 Å². The van der Waals surface area contributed by atoms with E-state index >= 15 is 0 Å². The molecular formula is C21H26F3IN4O2. The van der Waals surface area contributed by atoms with Crippen molar-refractivity contribution < 1.29 is 23.0 Å². The van der Waals surface area contributed by atoms with Crippen LogP contribution in [0.25, 0.3) is 0 Å². The third-order valence-electron chi connectivity index (χ3n) is 4.97. The Labute approximate surface area is 196 Å². The molecule has 3 rings (SSSR count). The predicted octanol–water partition coefficient (Wildman–Crippen LogP) is 4.34. The number of ether oxygens (including phenoxy) is 1. The van der Waals surface area contributed by atoms with Crippen molar-refractivity contribution in [3.63, 3.8) is 0 Å². The Balaban J connectivity index is 0.00000341. The summed E-state index contributed by atoms with van der Waals surface area (Å²) in [6.45, 7) is 2.51. The zero-order valence-electron chi connectivity index (χ0n) is 16.8. The molecule has 2 aromatic rings. The van der Waals surface area contributed by atoms with Crippen LogP contribution in [0.3, 0.4) is 0 Å². The van der Waals surface area contributed by atoms with Crippen molar-refractivity contribution in [2.75, 3.05) is 29.9 Å². The number of piperidine rings is 1. The summed E-state index contributed by atoms with van der Waals surface area (Å²) in [6.07, 6.45) is -2.73. The van der Waals surface area contributed by atoms with Crippen molar-refractivity contribution in [3.8, 4) is 5.75 Å². The largest absolute Gasteiger partial charge is 0.573 e. The molecule has 6 nitrogen and oxygen atoms in total. The molecule has 0 radical (unpaired) electrons. The van der Waals surface area contributed by atoms with Crippen LogP contribution in [0.1, 0.15) is 18.4 Å². The van der Waals surface area contributed by atoms with Gasteiger partial charge in [0.2, 0.25) is 0 Å². The number of anilines is 2. The fraction of sp³-hybridized carbons (Fsp3) is 0.381. The summed E-state index contributed by atoms with van der Waals surface area (Å²) in [5, 5.41) is 12.1. The highest BCUT2D eigenvalue weighted by Crippen LogP contribution is 2.25. The SMILES string of the molecule is I.NC(=NCc1ccc(N2CCC(CO)CC2)cc1)Nc1ccc(OC(F)(F)F)cc1. The fourth-order valence-electron chi connectivity index (χ4n) is 3.29. The van der Waals surface area contributed by atoms with E-state index in [1.807, 2.05) is 24.3 Å². The number of guanidine groups is 1. The normalized spacial score (nSPS) is 15.4. The molecule has 0 amide bonds. The van der Waals surface area contributed by atoms with Gasteiger partial charge in [0, 0.05) is 31.1 Å². The summed E-state index contributed by atoms with van der Waals surface area (Å²) in [5.74, 6) is 0.262. The number of alkyl halides is 3. The van der Waals surface area contributed by atoms with E-state index in [9.17, 15) is 18.3 Å². The first-order valence-corrected chi connectivity index (χ1v) is 9.70. The molecule has 0 saturated carbocycles. The first-order valence-electron chi connectivity index (χ1n) is 9.70. The number of halogens is 4. The topological polar surface area (TPSA) is 83.1 Å². The zero-order chi connectivity index (χ0) is 21.6. The Morgan fingerprint density at radius 1 is 1.10 bits per heavy atom. The third kappa shape index (κ3) is 8.09. The number of aliphatic imine (C=N–C) groups is 1. The quantitative estimate of drug-likeness (QED) is 0.283. The minimum absolute atomic E-state index is 0. The molecule has 0 atom stereocenters. The number of benzene rings is 2. The maximum Gasteiger partial charge on any atom is 0.573 e. The van der Waals surface area contributed by atoms with Crippen LogP contribution in [0.2, 0.25) is 0 Å². The molecule has 170 valence electrons. The minimum Gasteiger partial charge on any atom is -0.406 e. The van der Waals surface area contributed by atoms with Gasteiger partial charge in [0.05, 0.1) is 6.54 Å². The smallest absolute Gasteiger partial charge is 0.406 e. The van der Waals surface area contributed by atoms with Crippen LogP contribution in [0.15, 0.2) is 53.5 Å². The van der Waals surface area contributed by atoms with Gasteiger partial charge in [-0.1, -0.05) is 12.1 Å². The molecule has 1 aliphatic rings. The van der Waals surface area contributed by atoms with Crippen LogP contribution in [0.4, 0.5) is 24.5 Å². The molecular weight excluding hydrogens is 524 g/mol. The van der Waals surface area contributed by atoms with Crippen molar-refractivity contribution in [2.45, 2.75) is 25.7 Å². The lowest BCUT2D eigenvalue weighted by atomic mass is 9.97. The number of hydrogen-bond acceptors (Lipinski definition) is 4. The molecule has 10 heteroatoms. The summed E-state index contributed by atoms with van der Waals surface area (Å²) in [5.41, 5.74) is 8.51. The summed E-state index contributed by atoms with van der Waals surface area (Å²) < 4.78 is 40.4. The molecule has 0 spiro atoms. The highest BCUT2D eigenvalue weighted by Gasteiger charge is 2.30. The second-order valence-electron chi connectivity index (χ2n) is 7.18. The average Bonchev–Trinajstić information content (AvgIpc) is 2.73. The molecule has 1 heterocycles. The highest BCUT2D eigenvalue weighted by molar-refractivity contribution is 14.0. The van der Waals surface area contributed by atoms with Crippen LogP contribution < -0.4 is 20.7 Å². The second-order valence-corrected chi connectivity index (χ2v) is 7.18. The maximum absolute atomic E-state index is 12.2. The van der Waals surface area contributed by atoms with Crippen molar-refractivity contribution in [2.24, 2.45) is 16.6 Å². The molecule has 0 unspecified atom stereocenters. The number of aliphatic hydroxyl groups excluding tert-OH is 1. The number of nitrogens with zero attached hydrogens (tertiary/aromatic N) is 2. The Kier molecular flexibility index (Phi) is 9.23. The Bertz CT molecular complexity index is 837. The van der Waals surface area contributed by atoms with Crippen LogP contribution in [0, 0.1) is 5.92 Å². The van der Waals surface area contributed by atoms with E-state index in [0.29, 0.717) is 18.2 Å². The lowest BCUT2D eigenvalue weighted by molar-refractivity contribution is -0.274. The van der Waals surface area contributed by atoms with Gasteiger partial charge in [0.15, 0.2) is 5.96 Å². The van der Waals surface area contributed by atoms with Gasteiger partial charge in [-0.3, -0.25) is 0 Å². The van der Waals surface area contributed by atoms with Gasteiger partial charge in [0.25, 0.3) is 0 Å².